The Hall–Kier alpha value is -4.06. The zero-order valence-corrected chi connectivity index (χ0v) is 20.1. The van der Waals surface area contributed by atoms with Crippen LogP contribution < -0.4 is 4.74 Å². The lowest BCUT2D eigenvalue weighted by atomic mass is 10.0. The van der Waals surface area contributed by atoms with Crippen LogP contribution in [0.25, 0.3) is 10.9 Å². The molecule has 1 heterocycles. The summed E-state index contributed by atoms with van der Waals surface area (Å²) in [5, 5.41) is 5.74. The molecule has 4 aromatic rings. The molecule has 0 spiro atoms. The van der Waals surface area contributed by atoms with E-state index in [0.29, 0.717) is 31.9 Å². The van der Waals surface area contributed by atoms with Crippen LogP contribution in [0.1, 0.15) is 23.6 Å². The number of fused-ring (bicyclic) bond motifs is 1. The first-order chi connectivity index (χ1) is 17.1. The summed E-state index contributed by atoms with van der Waals surface area (Å²) in [5.41, 5.74) is 5.01. The van der Waals surface area contributed by atoms with E-state index in [1.165, 1.54) is 10.9 Å². The summed E-state index contributed by atoms with van der Waals surface area (Å²) in [6.07, 6.45) is 2.71. The van der Waals surface area contributed by atoms with E-state index in [4.69, 9.17) is 14.3 Å². The monoisotopic (exact) mass is 470 g/mol. The maximum Gasteiger partial charge on any atom is 0.344 e. The molecule has 0 aliphatic rings. The number of rotatable bonds is 11. The molecule has 0 aliphatic heterocycles. The van der Waals surface area contributed by atoms with Gasteiger partial charge in [0.25, 0.3) is 0 Å². The molecule has 0 saturated carbocycles. The van der Waals surface area contributed by atoms with E-state index in [9.17, 15) is 4.79 Å². The average Bonchev–Trinajstić information content (AvgIpc) is 3.29. The van der Waals surface area contributed by atoms with Gasteiger partial charge in [0.2, 0.25) is 0 Å². The number of carbonyl (C=O) groups excluding carboxylic acids is 1. The Morgan fingerprint density at radius 1 is 0.971 bits per heavy atom. The summed E-state index contributed by atoms with van der Waals surface area (Å²) >= 11 is 0. The molecular formula is C29H30N2O4. The number of aromatic nitrogens is 1. The number of para-hydroxylation sites is 1. The third kappa shape index (κ3) is 6.51. The van der Waals surface area contributed by atoms with Crippen LogP contribution in [-0.2, 0) is 27.3 Å². The summed E-state index contributed by atoms with van der Waals surface area (Å²) < 4.78 is 12.7. The highest BCUT2D eigenvalue weighted by Crippen LogP contribution is 2.21. The molecule has 6 nitrogen and oxygen atoms in total. The van der Waals surface area contributed by atoms with Crippen LogP contribution in [-0.4, -0.2) is 36.1 Å². The molecule has 0 bridgehead atoms. The molecule has 0 amide bonds. The molecule has 0 saturated heterocycles. The SMILES string of the molecule is CCOC(=O)COc1ccc(/C(Cc2ccccc2)=N/OCCn2ccc3ccccc32)cc1C. The standard InChI is InChI=1S/C29H30N2O4/c1-3-33-29(32)21-34-28-14-13-25(19-22(28)2)26(20-23-9-5-4-6-10-23)30-35-18-17-31-16-15-24-11-7-8-12-27(24)31/h4-16,19H,3,17-18,20-21H2,1-2H3/b30-26+. The summed E-state index contributed by atoms with van der Waals surface area (Å²) in [6.45, 7) is 5.10. The first kappa shape index (κ1) is 24.1. The van der Waals surface area contributed by atoms with Crippen LogP contribution in [0.2, 0.25) is 0 Å². The van der Waals surface area contributed by atoms with Crippen molar-refractivity contribution in [1.82, 2.24) is 4.57 Å². The van der Waals surface area contributed by atoms with Crippen LogP contribution in [0.5, 0.6) is 5.75 Å². The number of aryl methyl sites for hydroxylation is 1. The smallest absolute Gasteiger partial charge is 0.344 e. The number of hydrogen-bond acceptors (Lipinski definition) is 5. The van der Waals surface area contributed by atoms with Gasteiger partial charge in [-0.3, -0.25) is 0 Å². The minimum absolute atomic E-state index is 0.115. The molecule has 4 rings (SSSR count). The van der Waals surface area contributed by atoms with Crippen molar-refractivity contribution in [2.45, 2.75) is 26.8 Å². The van der Waals surface area contributed by atoms with E-state index in [1.54, 1.807) is 6.92 Å². The Morgan fingerprint density at radius 3 is 2.57 bits per heavy atom. The summed E-state index contributed by atoms with van der Waals surface area (Å²) in [5.74, 6) is 0.257. The topological polar surface area (TPSA) is 62.1 Å². The predicted molar refractivity (Wildman–Crippen MR) is 138 cm³/mol. The number of hydrogen-bond donors (Lipinski definition) is 0. The van der Waals surface area contributed by atoms with Gasteiger partial charge in [-0.2, -0.15) is 0 Å². The Bertz CT molecular complexity index is 1290. The van der Waals surface area contributed by atoms with E-state index >= 15 is 0 Å². The van der Waals surface area contributed by atoms with Gasteiger partial charge in [0.15, 0.2) is 6.61 Å². The molecule has 6 heteroatoms. The van der Waals surface area contributed by atoms with Crippen molar-refractivity contribution in [3.63, 3.8) is 0 Å². The predicted octanol–water partition coefficient (Wildman–Crippen LogP) is 5.56. The van der Waals surface area contributed by atoms with Gasteiger partial charge in [0, 0.05) is 23.7 Å². The van der Waals surface area contributed by atoms with Crippen molar-refractivity contribution >= 4 is 22.6 Å². The molecule has 0 fully saturated rings. The first-order valence-corrected chi connectivity index (χ1v) is 11.8. The fourth-order valence-corrected chi connectivity index (χ4v) is 3.90. The van der Waals surface area contributed by atoms with Gasteiger partial charge in [-0.15, -0.1) is 0 Å². The van der Waals surface area contributed by atoms with Gasteiger partial charge in [-0.05, 0) is 60.7 Å². The Balaban J connectivity index is 1.47. The van der Waals surface area contributed by atoms with Gasteiger partial charge in [0.05, 0.1) is 18.9 Å². The zero-order valence-electron chi connectivity index (χ0n) is 20.1. The highest BCUT2D eigenvalue weighted by Gasteiger charge is 2.11. The Labute approximate surface area is 205 Å². The van der Waals surface area contributed by atoms with E-state index in [2.05, 4.69) is 46.3 Å². The molecule has 1 aromatic heterocycles. The minimum atomic E-state index is -0.383. The fourth-order valence-electron chi connectivity index (χ4n) is 3.90. The molecule has 3 aromatic carbocycles. The van der Waals surface area contributed by atoms with Gasteiger partial charge in [0.1, 0.15) is 12.4 Å². The number of oxime groups is 1. The summed E-state index contributed by atoms with van der Waals surface area (Å²) in [4.78, 5) is 17.4. The second-order valence-electron chi connectivity index (χ2n) is 8.18. The lowest BCUT2D eigenvalue weighted by molar-refractivity contribution is -0.145. The summed E-state index contributed by atoms with van der Waals surface area (Å²) in [7, 11) is 0. The third-order valence-electron chi connectivity index (χ3n) is 5.65. The van der Waals surface area contributed by atoms with Gasteiger partial charge < -0.3 is 18.9 Å². The normalized spacial score (nSPS) is 11.4. The number of esters is 1. The largest absolute Gasteiger partial charge is 0.482 e. The van der Waals surface area contributed by atoms with E-state index in [0.717, 1.165) is 22.4 Å². The second kappa shape index (κ2) is 11.9. The summed E-state index contributed by atoms with van der Waals surface area (Å²) in [6, 6.07) is 26.4. The van der Waals surface area contributed by atoms with Crippen LogP contribution in [0, 0.1) is 6.92 Å². The van der Waals surface area contributed by atoms with Crippen LogP contribution in [0.15, 0.2) is 90.2 Å². The maximum atomic E-state index is 11.6. The van der Waals surface area contributed by atoms with Crippen LogP contribution in [0.4, 0.5) is 0 Å². The average molecular weight is 471 g/mol. The highest BCUT2D eigenvalue weighted by molar-refractivity contribution is 6.01. The van der Waals surface area contributed by atoms with Crippen molar-refractivity contribution in [3.8, 4) is 5.75 Å². The zero-order chi connectivity index (χ0) is 24.5. The van der Waals surface area contributed by atoms with Crippen molar-refractivity contribution in [2.75, 3.05) is 19.8 Å². The second-order valence-corrected chi connectivity index (χ2v) is 8.18. The molecule has 0 atom stereocenters. The van der Waals surface area contributed by atoms with Crippen molar-refractivity contribution in [3.05, 3.63) is 102 Å². The molecule has 0 N–H and O–H groups in total. The van der Waals surface area contributed by atoms with Gasteiger partial charge in [-0.25, -0.2) is 4.79 Å². The Morgan fingerprint density at radius 2 is 1.77 bits per heavy atom. The molecule has 0 radical (unpaired) electrons. The number of benzene rings is 3. The third-order valence-corrected chi connectivity index (χ3v) is 5.65. The quantitative estimate of drug-likeness (QED) is 0.125. The van der Waals surface area contributed by atoms with Crippen molar-refractivity contribution in [2.24, 2.45) is 5.16 Å². The molecule has 0 aliphatic carbocycles. The van der Waals surface area contributed by atoms with Crippen molar-refractivity contribution in [1.29, 1.82) is 0 Å². The van der Waals surface area contributed by atoms with Crippen molar-refractivity contribution < 1.29 is 19.1 Å². The van der Waals surface area contributed by atoms with Gasteiger partial charge >= 0.3 is 5.97 Å². The van der Waals surface area contributed by atoms with Crippen LogP contribution >= 0.6 is 0 Å². The molecule has 180 valence electrons. The number of ether oxygens (including phenoxy) is 2. The lowest BCUT2D eigenvalue weighted by Gasteiger charge is -2.12. The molecular weight excluding hydrogens is 440 g/mol. The van der Waals surface area contributed by atoms with E-state index < -0.39 is 0 Å². The molecule has 35 heavy (non-hydrogen) atoms. The van der Waals surface area contributed by atoms with E-state index in [-0.39, 0.29) is 12.6 Å². The van der Waals surface area contributed by atoms with Gasteiger partial charge in [-0.1, -0.05) is 53.7 Å². The van der Waals surface area contributed by atoms with Crippen LogP contribution in [0.3, 0.4) is 0 Å². The maximum absolute atomic E-state index is 11.6. The fraction of sp³-hybridized carbons (Fsp3) is 0.241. The number of carbonyl (C=O) groups is 1. The lowest BCUT2D eigenvalue weighted by Crippen LogP contribution is -2.15. The van der Waals surface area contributed by atoms with E-state index in [1.807, 2.05) is 55.5 Å². The molecule has 0 unspecified atom stereocenters. The number of nitrogens with zero attached hydrogens (tertiary/aromatic N) is 2. The first-order valence-electron chi connectivity index (χ1n) is 11.8. The Kier molecular flexibility index (Phi) is 8.17. The highest BCUT2D eigenvalue weighted by atomic mass is 16.6. The minimum Gasteiger partial charge on any atom is -0.482 e.